The lowest BCUT2D eigenvalue weighted by molar-refractivity contribution is -0.112. The molecule has 2 heterocycles. The molecular weight excluding hydrogens is 368 g/mol. The van der Waals surface area contributed by atoms with Crippen molar-refractivity contribution in [3.63, 3.8) is 0 Å². The smallest absolute Gasteiger partial charge is 0.267 e. The zero-order chi connectivity index (χ0) is 20.2. The van der Waals surface area contributed by atoms with E-state index in [1.54, 1.807) is 28.9 Å². The van der Waals surface area contributed by atoms with Gasteiger partial charge in [-0.3, -0.25) is 4.79 Å². The number of carbonyl (C=O) groups excluding carboxylic acids is 1. The highest BCUT2D eigenvalue weighted by Crippen LogP contribution is 2.31. The summed E-state index contributed by atoms with van der Waals surface area (Å²) in [5, 5.41) is 16.7. The number of amides is 1. The number of benzene rings is 2. The van der Waals surface area contributed by atoms with Gasteiger partial charge >= 0.3 is 0 Å². The highest BCUT2D eigenvalue weighted by molar-refractivity contribution is 6.09. The SMILES string of the molecule is Cc1cc(NC(=O)/C(C#N)=C/c2ccc3c(c2)OCCO3)n(-c2ccccc2)n1. The third-order valence-corrected chi connectivity index (χ3v) is 4.32. The first kappa shape index (κ1) is 18.3. The third kappa shape index (κ3) is 3.96. The number of ether oxygens (including phenoxy) is 2. The van der Waals surface area contributed by atoms with E-state index < -0.39 is 5.91 Å². The van der Waals surface area contributed by atoms with Gasteiger partial charge in [-0.05, 0) is 42.8 Å². The molecule has 144 valence electrons. The molecule has 7 heteroatoms. The molecule has 0 atom stereocenters. The zero-order valence-electron chi connectivity index (χ0n) is 15.8. The van der Waals surface area contributed by atoms with Crippen molar-refractivity contribution in [3.05, 3.63) is 71.4 Å². The number of aryl methyl sites for hydroxylation is 1. The molecule has 2 aromatic carbocycles. The van der Waals surface area contributed by atoms with Crippen molar-refractivity contribution < 1.29 is 14.3 Å². The van der Waals surface area contributed by atoms with Crippen LogP contribution in [-0.2, 0) is 4.79 Å². The maximum absolute atomic E-state index is 12.7. The molecule has 4 rings (SSSR count). The molecule has 0 saturated heterocycles. The average molecular weight is 386 g/mol. The van der Waals surface area contributed by atoms with Crippen molar-refractivity contribution in [2.45, 2.75) is 6.92 Å². The van der Waals surface area contributed by atoms with Crippen LogP contribution in [0.25, 0.3) is 11.8 Å². The van der Waals surface area contributed by atoms with Gasteiger partial charge in [-0.15, -0.1) is 0 Å². The van der Waals surface area contributed by atoms with E-state index >= 15 is 0 Å². The van der Waals surface area contributed by atoms with Crippen LogP contribution in [0.3, 0.4) is 0 Å². The first-order valence-electron chi connectivity index (χ1n) is 9.09. The molecule has 0 bridgehead atoms. The maximum atomic E-state index is 12.7. The average Bonchev–Trinajstić information content (AvgIpc) is 3.12. The summed E-state index contributed by atoms with van der Waals surface area (Å²) in [6.07, 6.45) is 1.52. The van der Waals surface area contributed by atoms with Gasteiger partial charge in [0.1, 0.15) is 30.7 Å². The van der Waals surface area contributed by atoms with Crippen LogP contribution in [0.1, 0.15) is 11.3 Å². The largest absolute Gasteiger partial charge is 0.486 e. The summed E-state index contributed by atoms with van der Waals surface area (Å²) >= 11 is 0. The third-order valence-electron chi connectivity index (χ3n) is 4.32. The number of rotatable bonds is 4. The summed E-state index contributed by atoms with van der Waals surface area (Å²) in [5.41, 5.74) is 2.21. The van der Waals surface area contributed by atoms with E-state index in [0.29, 0.717) is 36.1 Å². The Morgan fingerprint density at radius 3 is 2.66 bits per heavy atom. The van der Waals surface area contributed by atoms with E-state index in [1.165, 1.54) is 6.08 Å². The number of nitrogens with one attached hydrogen (secondary N) is 1. The predicted molar refractivity (Wildman–Crippen MR) is 108 cm³/mol. The number of nitriles is 1. The monoisotopic (exact) mass is 386 g/mol. The Morgan fingerprint density at radius 2 is 1.90 bits per heavy atom. The van der Waals surface area contributed by atoms with Gasteiger partial charge in [-0.1, -0.05) is 24.3 Å². The van der Waals surface area contributed by atoms with Crippen LogP contribution in [0, 0.1) is 18.3 Å². The molecular formula is C22H18N4O3. The van der Waals surface area contributed by atoms with E-state index in [4.69, 9.17) is 9.47 Å². The van der Waals surface area contributed by atoms with E-state index in [9.17, 15) is 10.1 Å². The van der Waals surface area contributed by atoms with Crippen LogP contribution in [0.4, 0.5) is 5.82 Å². The standard InChI is InChI=1S/C22H18N4O3/c1-15-11-21(26(25-15)18-5-3-2-4-6-18)24-22(27)17(14-23)12-16-7-8-19-20(13-16)29-10-9-28-19/h2-8,11-13H,9-10H2,1H3,(H,24,27)/b17-12+. The van der Waals surface area contributed by atoms with E-state index in [2.05, 4.69) is 10.4 Å². The number of para-hydroxylation sites is 1. The van der Waals surface area contributed by atoms with Crippen molar-refractivity contribution in [1.29, 1.82) is 5.26 Å². The second-order valence-electron chi connectivity index (χ2n) is 6.45. The normalized spacial score (nSPS) is 12.9. The van der Waals surface area contributed by atoms with Gasteiger partial charge in [0.25, 0.3) is 5.91 Å². The van der Waals surface area contributed by atoms with Crippen LogP contribution in [0.15, 0.2) is 60.2 Å². The van der Waals surface area contributed by atoms with Gasteiger partial charge in [0.2, 0.25) is 0 Å². The minimum Gasteiger partial charge on any atom is -0.486 e. The van der Waals surface area contributed by atoms with E-state index in [0.717, 1.165) is 11.4 Å². The first-order valence-corrected chi connectivity index (χ1v) is 9.09. The van der Waals surface area contributed by atoms with E-state index in [1.807, 2.05) is 43.3 Å². The fourth-order valence-corrected chi connectivity index (χ4v) is 3.00. The summed E-state index contributed by atoms with van der Waals surface area (Å²) in [5.74, 6) is 1.22. The lowest BCUT2D eigenvalue weighted by atomic mass is 10.1. The van der Waals surface area contributed by atoms with Crippen LogP contribution < -0.4 is 14.8 Å². The van der Waals surface area contributed by atoms with Crippen molar-refractivity contribution in [3.8, 4) is 23.3 Å². The summed E-state index contributed by atoms with van der Waals surface area (Å²) in [6.45, 7) is 2.81. The van der Waals surface area contributed by atoms with Crippen molar-refractivity contribution in [2.75, 3.05) is 18.5 Å². The summed E-state index contributed by atoms with van der Waals surface area (Å²) in [6, 6.07) is 18.5. The topological polar surface area (TPSA) is 89.2 Å². The molecule has 0 unspecified atom stereocenters. The number of hydrogen-bond acceptors (Lipinski definition) is 5. The molecule has 7 nitrogen and oxygen atoms in total. The lowest BCUT2D eigenvalue weighted by Gasteiger charge is -2.18. The van der Waals surface area contributed by atoms with Gasteiger partial charge in [0.05, 0.1) is 11.4 Å². The second-order valence-corrected chi connectivity index (χ2v) is 6.45. The van der Waals surface area contributed by atoms with Gasteiger partial charge in [0.15, 0.2) is 11.5 Å². The quantitative estimate of drug-likeness (QED) is 0.548. The van der Waals surface area contributed by atoms with Crippen LogP contribution in [-0.4, -0.2) is 28.9 Å². The molecule has 0 radical (unpaired) electrons. The Labute approximate surface area is 167 Å². The predicted octanol–water partition coefficient (Wildman–Crippen LogP) is 3.50. The second kappa shape index (κ2) is 7.90. The van der Waals surface area contributed by atoms with E-state index in [-0.39, 0.29) is 5.57 Å². The molecule has 0 spiro atoms. The number of anilines is 1. The number of fused-ring (bicyclic) bond motifs is 1. The molecule has 1 aliphatic heterocycles. The van der Waals surface area contributed by atoms with Crippen LogP contribution in [0.2, 0.25) is 0 Å². The Morgan fingerprint density at radius 1 is 1.14 bits per heavy atom. The lowest BCUT2D eigenvalue weighted by Crippen LogP contribution is -2.16. The summed E-state index contributed by atoms with van der Waals surface area (Å²) in [7, 11) is 0. The molecule has 1 aromatic heterocycles. The first-order chi connectivity index (χ1) is 14.1. The van der Waals surface area contributed by atoms with Gasteiger partial charge in [-0.2, -0.15) is 10.4 Å². The van der Waals surface area contributed by atoms with Crippen LogP contribution in [0.5, 0.6) is 11.5 Å². The summed E-state index contributed by atoms with van der Waals surface area (Å²) in [4.78, 5) is 12.7. The molecule has 0 saturated carbocycles. The van der Waals surface area contributed by atoms with Gasteiger partial charge in [0, 0.05) is 6.07 Å². The maximum Gasteiger partial charge on any atom is 0.267 e. The number of aromatic nitrogens is 2. The molecule has 0 aliphatic carbocycles. The van der Waals surface area contributed by atoms with Crippen molar-refractivity contribution in [2.24, 2.45) is 0 Å². The molecule has 1 aliphatic rings. The molecule has 1 N–H and O–H groups in total. The van der Waals surface area contributed by atoms with Gasteiger partial charge < -0.3 is 14.8 Å². The van der Waals surface area contributed by atoms with Crippen molar-refractivity contribution in [1.82, 2.24) is 9.78 Å². The molecule has 1 amide bonds. The molecule has 29 heavy (non-hydrogen) atoms. The number of hydrogen-bond donors (Lipinski definition) is 1. The number of carbonyl (C=O) groups is 1. The Bertz CT molecular complexity index is 1130. The summed E-state index contributed by atoms with van der Waals surface area (Å²) < 4.78 is 12.7. The Balaban J connectivity index is 1.59. The minimum absolute atomic E-state index is 0.0276. The highest BCUT2D eigenvalue weighted by atomic mass is 16.6. The molecule has 3 aromatic rings. The van der Waals surface area contributed by atoms with Gasteiger partial charge in [-0.25, -0.2) is 4.68 Å². The highest BCUT2D eigenvalue weighted by Gasteiger charge is 2.16. The van der Waals surface area contributed by atoms with Crippen LogP contribution >= 0.6 is 0 Å². The van der Waals surface area contributed by atoms with Crippen molar-refractivity contribution >= 4 is 17.8 Å². The fourth-order valence-electron chi connectivity index (χ4n) is 3.00. The number of nitrogens with zero attached hydrogens (tertiary/aromatic N) is 3. The molecule has 0 fully saturated rings. The zero-order valence-corrected chi connectivity index (χ0v) is 15.8. The Kier molecular flexibility index (Phi) is 4.99. The minimum atomic E-state index is -0.514. The Hall–Kier alpha value is -4.05. The fraction of sp³-hybridized carbons (Fsp3) is 0.136.